The second kappa shape index (κ2) is 4.15. The summed E-state index contributed by atoms with van der Waals surface area (Å²) in [4.78, 5) is 2.07. The van der Waals surface area contributed by atoms with Crippen molar-refractivity contribution >= 4 is 0 Å². The van der Waals surface area contributed by atoms with Gasteiger partial charge in [0, 0.05) is 13.1 Å². The third-order valence-electron chi connectivity index (χ3n) is 1.68. The van der Waals surface area contributed by atoms with E-state index in [0.717, 1.165) is 0 Å². The predicted octanol–water partition coefficient (Wildman–Crippen LogP) is 2.27. The lowest BCUT2D eigenvalue weighted by Crippen LogP contribution is -2.29. The van der Waals surface area contributed by atoms with Crippen molar-refractivity contribution in [1.29, 1.82) is 0 Å². The van der Waals surface area contributed by atoms with Crippen LogP contribution in [0.1, 0.15) is 13.8 Å². The summed E-state index contributed by atoms with van der Waals surface area (Å²) in [5.41, 5.74) is 0. The van der Waals surface area contributed by atoms with Gasteiger partial charge in [-0.05, 0) is 12.1 Å². The summed E-state index contributed by atoms with van der Waals surface area (Å²) < 4.78 is 0. The Balaban J connectivity index is 4.04. The van der Waals surface area contributed by atoms with Crippen molar-refractivity contribution in [3.8, 4) is 0 Å². The summed E-state index contributed by atoms with van der Waals surface area (Å²) in [6.45, 7) is 11.8. The van der Waals surface area contributed by atoms with Crippen molar-refractivity contribution < 1.29 is 0 Å². The van der Waals surface area contributed by atoms with Crippen LogP contribution in [0.3, 0.4) is 0 Å². The maximum atomic E-state index is 3.76. The van der Waals surface area contributed by atoms with Crippen LogP contribution >= 0.6 is 0 Å². The molecule has 1 atom stereocenters. The molecule has 0 saturated carbocycles. The zero-order chi connectivity index (χ0) is 8.15. The zero-order valence-electron chi connectivity index (χ0n) is 7.17. The monoisotopic (exact) mass is 139 g/mol. The molecule has 0 aliphatic heterocycles. The van der Waals surface area contributed by atoms with E-state index in [1.54, 1.807) is 0 Å². The number of rotatable bonds is 4. The summed E-state index contributed by atoms with van der Waals surface area (Å²) in [5.74, 6) is 0.598. The Labute approximate surface area is 64.0 Å². The smallest absolute Gasteiger partial charge is 0.0484 e. The fourth-order valence-electron chi connectivity index (χ4n) is 1.03. The van der Waals surface area contributed by atoms with Crippen LogP contribution in [0.15, 0.2) is 25.4 Å². The van der Waals surface area contributed by atoms with Crippen LogP contribution in [0.2, 0.25) is 0 Å². The Hall–Kier alpha value is -0.720. The lowest BCUT2D eigenvalue weighted by molar-refractivity contribution is 0.312. The maximum absolute atomic E-state index is 3.76. The Morgan fingerprint density at radius 3 is 1.90 bits per heavy atom. The van der Waals surface area contributed by atoms with Crippen LogP contribution in [0.4, 0.5) is 0 Å². The van der Waals surface area contributed by atoms with Gasteiger partial charge in [0.15, 0.2) is 0 Å². The zero-order valence-corrected chi connectivity index (χ0v) is 7.17. The molecule has 0 aromatic heterocycles. The fourth-order valence-corrected chi connectivity index (χ4v) is 1.03. The largest absolute Gasteiger partial charge is 0.374 e. The second-order valence-electron chi connectivity index (χ2n) is 2.82. The van der Waals surface area contributed by atoms with Gasteiger partial charge in [0.1, 0.15) is 0 Å². The van der Waals surface area contributed by atoms with E-state index >= 15 is 0 Å². The van der Waals surface area contributed by atoms with Gasteiger partial charge in [0.05, 0.1) is 0 Å². The molecule has 0 fully saturated rings. The molecule has 0 N–H and O–H groups in total. The molecule has 0 aromatic carbocycles. The molecule has 0 aromatic rings. The highest BCUT2D eigenvalue weighted by atomic mass is 15.1. The van der Waals surface area contributed by atoms with Crippen LogP contribution < -0.4 is 0 Å². The summed E-state index contributed by atoms with van der Waals surface area (Å²) in [6, 6.07) is 0.414. The third kappa shape index (κ3) is 2.26. The summed E-state index contributed by atoms with van der Waals surface area (Å²) >= 11 is 0. The van der Waals surface area contributed by atoms with E-state index in [4.69, 9.17) is 0 Å². The van der Waals surface area contributed by atoms with Crippen molar-refractivity contribution in [2.24, 2.45) is 5.92 Å². The van der Waals surface area contributed by atoms with Crippen LogP contribution in [0, 0.1) is 5.92 Å². The van der Waals surface area contributed by atoms with Gasteiger partial charge in [-0.15, -0.1) is 6.58 Å². The standard InChI is InChI=1S/C9H17N/c1-6-9(8(3)4)10(5)7-2/h6-9H,1-2H2,3-5H3. The molecule has 58 valence electrons. The van der Waals surface area contributed by atoms with Crippen molar-refractivity contribution in [1.82, 2.24) is 4.90 Å². The molecule has 1 unspecified atom stereocenters. The van der Waals surface area contributed by atoms with Gasteiger partial charge in [-0.2, -0.15) is 0 Å². The lowest BCUT2D eigenvalue weighted by atomic mass is 10.0. The molecule has 0 rings (SSSR count). The maximum Gasteiger partial charge on any atom is 0.0484 e. The topological polar surface area (TPSA) is 3.24 Å². The molecule has 0 amide bonds. The number of hydrogen-bond donors (Lipinski definition) is 0. The summed E-state index contributed by atoms with van der Waals surface area (Å²) in [7, 11) is 2.01. The van der Waals surface area contributed by atoms with Gasteiger partial charge >= 0.3 is 0 Å². The minimum absolute atomic E-state index is 0.414. The highest BCUT2D eigenvalue weighted by Crippen LogP contribution is 2.09. The minimum Gasteiger partial charge on any atom is -0.374 e. The van der Waals surface area contributed by atoms with E-state index in [1.807, 2.05) is 19.3 Å². The van der Waals surface area contributed by atoms with Gasteiger partial charge in [0.2, 0.25) is 0 Å². The van der Waals surface area contributed by atoms with Crippen molar-refractivity contribution in [3.05, 3.63) is 25.4 Å². The van der Waals surface area contributed by atoms with Crippen LogP contribution in [-0.4, -0.2) is 18.0 Å². The molecule has 0 spiro atoms. The van der Waals surface area contributed by atoms with Gasteiger partial charge in [-0.25, -0.2) is 0 Å². The number of likely N-dealkylation sites (N-methyl/N-ethyl adjacent to an activating group) is 1. The van der Waals surface area contributed by atoms with Gasteiger partial charge in [-0.3, -0.25) is 0 Å². The van der Waals surface area contributed by atoms with E-state index in [0.29, 0.717) is 12.0 Å². The van der Waals surface area contributed by atoms with Gasteiger partial charge in [-0.1, -0.05) is 26.5 Å². The average Bonchev–Trinajstić information content (AvgIpc) is 1.88. The van der Waals surface area contributed by atoms with Crippen LogP contribution in [0.5, 0.6) is 0 Å². The van der Waals surface area contributed by atoms with Crippen LogP contribution in [0.25, 0.3) is 0 Å². The first-order chi connectivity index (χ1) is 4.63. The first-order valence-electron chi connectivity index (χ1n) is 3.60. The molecule has 0 bridgehead atoms. The van der Waals surface area contributed by atoms with Crippen molar-refractivity contribution in [3.63, 3.8) is 0 Å². The van der Waals surface area contributed by atoms with E-state index in [9.17, 15) is 0 Å². The SMILES string of the molecule is C=CC(C(C)C)N(C)C=C. The van der Waals surface area contributed by atoms with E-state index in [2.05, 4.69) is 31.9 Å². The van der Waals surface area contributed by atoms with Gasteiger partial charge < -0.3 is 4.90 Å². The third-order valence-corrected chi connectivity index (χ3v) is 1.68. The van der Waals surface area contributed by atoms with Crippen molar-refractivity contribution in [2.75, 3.05) is 7.05 Å². The molecule has 0 heterocycles. The fraction of sp³-hybridized carbons (Fsp3) is 0.556. The summed E-state index contributed by atoms with van der Waals surface area (Å²) in [5, 5.41) is 0. The second-order valence-corrected chi connectivity index (χ2v) is 2.82. The molecule has 0 aliphatic rings. The number of nitrogens with zero attached hydrogens (tertiary/aromatic N) is 1. The Kier molecular flexibility index (Phi) is 3.85. The molecule has 10 heavy (non-hydrogen) atoms. The molecular weight excluding hydrogens is 122 g/mol. The molecular formula is C9H17N. The number of hydrogen-bond acceptors (Lipinski definition) is 1. The molecule has 0 radical (unpaired) electrons. The molecule has 0 aliphatic carbocycles. The molecule has 1 nitrogen and oxygen atoms in total. The van der Waals surface area contributed by atoms with Crippen molar-refractivity contribution in [2.45, 2.75) is 19.9 Å². The minimum atomic E-state index is 0.414. The van der Waals surface area contributed by atoms with E-state index in [-0.39, 0.29) is 0 Å². The van der Waals surface area contributed by atoms with Crippen LogP contribution in [-0.2, 0) is 0 Å². The first-order valence-corrected chi connectivity index (χ1v) is 3.60. The molecule has 1 heteroatoms. The Morgan fingerprint density at radius 1 is 1.30 bits per heavy atom. The Bertz CT molecular complexity index is 116. The molecule has 0 saturated heterocycles. The average molecular weight is 139 g/mol. The first kappa shape index (κ1) is 9.28. The quantitative estimate of drug-likeness (QED) is 0.540. The lowest BCUT2D eigenvalue weighted by Gasteiger charge is -2.26. The predicted molar refractivity (Wildman–Crippen MR) is 46.8 cm³/mol. The Morgan fingerprint density at radius 2 is 1.80 bits per heavy atom. The highest BCUT2D eigenvalue weighted by Gasteiger charge is 2.10. The normalized spacial score (nSPS) is 12.8. The highest BCUT2D eigenvalue weighted by molar-refractivity contribution is 4.91. The summed E-state index contributed by atoms with van der Waals surface area (Å²) in [6.07, 6.45) is 3.78. The van der Waals surface area contributed by atoms with E-state index < -0.39 is 0 Å². The van der Waals surface area contributed by atoms with E-state index in [1.165, 1.54) is 0 Å². The van der Waals surface area contributed by atoms with Gasteiger partial charge in [0.25, 0.3) is 0 Å².